The molecule has 3 N–H and O–H groups in total. The molecule has 17 nitrogen and oxygen atoms in total. The minimum Gasteiger partial charge on any atom is -0.462 e. The fourth-order valence-corrected chi connectivity index (χ4v) is 11.0. The smallest absolute Gasteiger partial charge is 0.462 e. The Hall–Kier alpha value is -2.46. The van der Waals surface area contributed by atoms with Gasteiger partial charge in [0.2, 0.25) is 0 Å². The Bertz CT molecular complexity index is 1730. The first-order valence-corrected chi connectivity index (χ1v) is 37.1. The van der Waals surface area contributed by atoms with Crippen LogP contribution in [0.1, 0.15) is 317 Å². The van der Waals surface area contributed by atoms with E-state index >= 15 is 0 Å². The van der Waals surface area contributed by atoms with E-state index in [0.29, 0.717) is 25.7 Å². The number of aliphatic hydroxyl groups is 1. The predicted molar refractivity (Wildman–Crippen MR) is 340 cm³/mol. The largest absolute Gasteiger partial charge is 0.472 e. The average Bonchev–Trinajstić information content (AvgIpc) is 3.58. The predicted octanol–water partition coefficient (Wildman–Crippen LogP) is 18.3. The average molecular weight is 1250 g/mol. The van der Waals surface area contributed by atoms with Crippen molar-refractivity contribution in [1.29, 1.82) is 0 Å². The summed E-state index contributed by atoms with van der Waals surface area (Å²) in [6.07, 6.45) is 49.8. The van der Waals surface area contributed by atoms with Crippen LogP contribution in [0.2, 0.25) is 0 Å². The molecule has 85 heavy (non-hydrogen) atoms. The summed E-state index contributed by atoms with van der Waals surface area (Å²) in [7, 11) is -9.89. The van der Waals surface area contributed by atoms with Crippen LogP contribution in [0.5, 0.6) is 0 Å². The highest BCUT2D eigenvalue weighted by molar-refractivity contribution is 7.47. The van der Waals surface area contributed by atoms with Crippen LogP contribution in [0.4, 0.5) is 0 Å². The Morgan fingerprint density at radius 2 is 0.565 bits per heavy atom. The van der Waals surface area contributed by atoms with Gasteiger partial charge < -0.3 is 33.8 Å². The van der Waals surface area contributed by atoms with Gasteiger partial charge in [0.05, 0.1) is 26.4 Å². The molecule has 0 heterocycles. The standard InChI is InChI=1S/C66H124O17P2/c1-5-9-13-17-20-23-25-27-29-31-33-35-38-41-45-49-53-66(71)83-62(57-77-64(69)51-47-43-39-37-34-32-30-28-26-24-21-18-14-10-6-2)59-81-85(74,75)79-55-60(67)54-78-84(72,73)80-58-61(56-76-63(68)50-46-42-16-12-8-4)82-65(70)52-48-44-40-36-22-19-15-11-7-3/h24,26,28,30,60-62,67H,5-23,25,27,29,31-59H2,1-4H3,(H,72,73)(H,74,75)/b26-24-,30-28-/t60-,61+,62+/m0/s1. The monoisotopic (exact) mass is 1250 g/mol. The van der Waals surface area contributed by atoms with Gasteiger partial charge in [-0.2, -0.15) is 0 Å². The van der Waals surface area contributed by atoms with Crippen LogP contribution in [0.15, 0.2) is 24.3 Å². The highest BCUT2D eigenvalue weighted by atomic mass is 31.2. The summed E-state index contributed by atoms with van der Waals surface area (Å²) in [5, 5.41) is 10.5. The van der Waals surface area contributed by atoms with Crippen LogP contribution in [0.25, 0.3) is 0 Å². The van der Waals surface area contributed by atoms with Crippen LogP contribution in [-0.4, -0.2) is 96.7 Å². The number of carbonyl (C=O) groups is 4. The van der Waals surface area contributed by atoms with E-state index < -0.39 is 97.5 Å². The molecule has 0 saturated carbocycles. The lowest BCUT2D eigenvalue weighted by Crippen LogP contribution is -2.30. The number of aliphatic hydroxyl groups excluding tert-OH is 1. The van der Waals surface area contributed by atoms with E-state index in [1.165, 1.54) is 122 Å². The molecule has 0 aromatic rings. The number of allylic oxidation sites excluding steroid dienone is 4. The number of unbranched alkanes of at least 4 members (excludes halogenated alkanes) is 36. The molecule has 0 fully saturated rings. The van der Waals surface area contributed by atoms with Gasteiger partial charge >= 0.3 is 39.5 Å². The molecule has 19 heteroatoms. The first-order chi connectivity index (χ1) is 41.2. The highest BCUT2D eigenvalue weighted by Crippen LogP contribution is 2.45. The molecule has 0 aliphatic heterocycles. The van der Waals surface area contributed by atoms with Gasteiger partial charge in [0.25, 0.3) is 0 Å². The summed E-state index contributed by atoms with van der Waals surface area (Å²) >= 11 is 0. The fraction of sp³-hybridized carbons (Fsp3) is 0.879. The molecule has 0 aromatic heterocycles. The van der Waals surface area contributed by atoms with E-state index in [2.05, 4.69) is 52.0 Å². The van der Waals surface area contributed by atoms with Gasteiger partial charge in [0.15, 0.2) is 12.2 Å². The van der Waals surface area contributed by atoms with E-state index in [4.69, 9.17) is 37.0 Å². The van der Waals surface area contributed by atoms with E-state index in [1.54, 1.807) is 0 Å². The van der Waals surface area contributed by atoms with Crippen molar-refractivity contribution in [3.8, 4) is 0 Å². The molecule has 0 saturated heterocycles. The van der Waals surface area contributed by atoms with Crippen molar-refractivity contribution in [3.05, 3.63) is 24.3 Å². The molecule has 0 aromatic carbocycles. The lowest BCUT2D eigenvalue weighted by atomic mass is 10.0. The zero-order valence-electron chi connectivity index (χ0n) is 54.1. The third-order valence-electron chi connectivity index (χ3n) is 14.7. The molecular formula is C66H124O17P2. The van der Waals surface area contributed by atoms with Gasteiger partial charge in [-0.05, 0) is 51.4 Å². The van der Waals surface area contributed by atoms with E-state index in [1.807, 2.05) is 0 Å². The minimum absolute atomic E-state index is 0.102. The van der Waals surface area contributed by atoms with Gasteiger partial charge in [-0.1, -0.05) is 264 Å². The number of hydrogen-bond donors (Lipinski definition) is 3. The Morgan fingerprint density at radius 1 is 0.329 bits per heavy atom. The van der Waals surface area contributed by atoms with Crippen LogP contribution >= 0.6 is 15.6 Å². The van der Waals surface area contributed by atoms with Crippen LogP contribution in [0, 0.1) is 0 Å². The first-order valence-electron chi connectivity index (χ1n) is 34.1. The van der Waals surface area contributed by atoms with Crippen molar-refractivity contribution >= 4 is 39.5 Å². The Kier molecular flexibility index (Phi) is 58.7. The maximum atomic E-state index is 13.0. The molecule has 0 rings (SSSR count). The summed E-state index contributed by atoms with van der Waals surface area (Å²) in [6.45, 7) is 4.74. The van der Waals surface area contributed by atoms with Gasteiger partial charge in [-0.15, -0.1) is 0 Å². The lowest BCUT2D eigenvalue weighted by Gasteiger charge is -2.21. The number of ether oxygens (including phenoxy) is 4. The van der Waals surface area contributed by atoms with Crippen molar-refractivity contribution in [1.82, 2.24) is 0 Å². The zero-order valence-corrected chi connectivity index (χ0v) is 55.8. The normalized spacial score (nSPS) is 14.3. The van der Waals surface area contributed by atoms with Crippen molar-refractivity contribution in [2.75, 3.05) is 39.6 Å². The van der Waals surface area contributed by atoms with Crippen LogP contribution in [0.3, 0.4) is 0 Å². The van der Waals surface area contributed by atoms with Gasteiger partial charge in [0.1, 0.15) is 19.3 Å². The fourth-order valence-electron chi connectivity index (χ4n) is 9.45. The Balaban J connectivity index is 5.19. The van der Waals surface area contributed by atoms with Crippen molar-refractivity contribution < 1.29 is 80.2 Å². The number of hydrogen-bond acceptors (Lipinski definition) is 15. The Labute approximate surface area is 516 Å². The Morgan fingerprint density at radius 3 is 0.859 bits per heavy atom. The van der Waals surface area contributed by atoms with Crippen molar-refractivity contribution in [3.63, 3.8) is 0 Å². The van der Waals surface area contributed by atoms with E-state index in [9.17, 15) is 43.2 Å². The topological polar surface area (TPSA) is 237 Å². The van der Waals surface area contributed by atoms with Crippen LogP contribution in [-0.2, 0) is 65.4 Å². The third kappa shape index (κ3) is 60.2. The summed E-state index contributed by atoms with van der Waals surface area (Å²) in [4.78, 5) is 72.0. The second-order valence-electron chi connectivity index (χ2n) is 23.2. The molecule has 0 aliphatic carbocycles. The molecule has 0 radical (unpaired) electrons. The molecular weight excluding hydrogens is 1130 g/mol. The number of rotatable bonds is 65. The number of esters is 4. The van der Waals surface area contributed by atoms with Crippen LogP contribution < -0.4 is 0 Å². The molecule has 5 atom stereocenters. The SMILES string of the molecule is CCCCCC/C=C\C=C/CCCCCCCC(=O)OC[C@H](COP(=O)(O)OC[C@@H](O)COP(=O)(O)OC[C@@H](COC(=O)CCCCCCC)OC(=O)CCCCCCCCCCC)OC(=O)CCCCCCCCCCCCCCCCCC. The maximum Gasteiger partial charge on any atom is 0.472 e. The van der Waals surface area contributed by atoms with Crippen molar-refractivity contribution in [2.45, 2.75) is 335 Å². The molecule has 0 spiro atoms. The van der Waals surface area contributed by atoms with Crippen molar-refractivity contribution in [2.24, 2.45) is 0 Å². The van der Waals surface area contributed by atoms with Gasteiger partial charge in [-0.25, -0.2) is 9.13 Å². The highest BCUT2D eigenvalue weighted by Gasteiger charge is 2.30. The van der Waals surface area contributed by atoms with Gasteiger partial charge in [-0.3, -0.25) is 37.3 Å². The number of carbonyl (C=O) groups excluding carboxylic acids is 4. The summed E-state index contributed by atoms with van der Waals surface area (Å²) in [6, 6.07) is 0. The number of phosphoric acid groups is 2. The lowest BCUT2D eigenvalue weighted by molar-refractivity contribution is -0.161. The second kappa shape index (κ2) is 60.5. The summed E-state index contributed by atoms with van der Waals surface area (Å²) in [5.41, 5.74) is 0. The quantitative estimate of drug-likeness (QED) is 0.0169. The molecule has 0 amide bonds. The van der Waals surface area contributed by atoms with E-state index in [-0.39, 0.29) is 25.7 Å². The summed E-state index contributed by atoms with van der Waals surface area (Å²) in [5.74, 6) is -2.17. The minimum atomic E-state index is -4.95. The maximum absolute atomic E-state index is 13.0. The molecule has 500 valence electrons. The molecule has 2 unspecified atom stereocenters. The van der Waals surface area contributed by atoms with E-state index in [0.717, 1.165) is 116 Å². The number of phosphoric ester groups is 2. The molecule has 0 aliphatic rings. The third-order valence-corrected chi connectivity index (χ3v) is 16.6. The first kappa shape index (κ1) is 82.5. The zero-order chi connectivity index (χ0) is 62.6. The molecule has 0 bridgehead atoms. The second-order valence-corrected chi connectivity index (χ2v) is 26.1. The summed E-state index contributed by atoms with van der Waals surface area (Å²) < 4.78 is 67.8. The van der Waals surface area contributed by atoms with Gasteiger partial charge in [0, 0.05) is 25.7 Å².